The van der Waals surface area contributed by atoms with Crippen molar-refractivity contribution >= 4 is 22.4 Å². The summed E-state index contributed by atoms with van der Waals surface area (Å²) in [5.74, 6) is 0. The summed E-state index contributed by atoms with van der Waals surface area (Å²) in [6.45, 7) is 1.99. The highest BCUT2D eigenvalue weighted by Crippen LogP contribution is 2.33. The summed E-state index contributed by atoms with van der Waals surface area (Å²) >= 11 is 1.42. The molecule has 4 aromatic heterocycles. The number of nitrogens with one attached hydrogen (secondary N) is 1. The van der Waals surface area contributed by atoms with E-state index < -0.39 is 11.7 Å². The molecule has 0 amide bonds. The fourth-order valence-electron chi connectivity index (χ4n) is 3.02. The molecule has 4 heterocycles. The minimum Gasteiger partial charge on any atom is -0.346 e. The van der Waals surface area contributed by atoms with Gasteiger partial charge in [-0.1, -0.05) is 0 Å². The molecule has 4 aromatic rings. The predicted octanol–water partition coefficient (Wildman–Crippen LogP) is 4.92. The van der Waals surface area contributed by atoms with E-state index in [4.69, 9.17) is 0 Å². The molecule has 0 fully saturated rings. The van der Waals surface area contributed by atoms with Crippen LogP contribution in [0, 0.1) is 6.92 Å². The third kappa shape index (κ3) is 3.71. The van der Waals surface area contributed by atoms with Crippen LogP contribution < -0.4 is 0 Å². The number of hydrogen-bond acceptors (Lipinski definition) is 4. The lowest BCUT2D eigenvalue weighted by molar-refractivity contribution is -0.138. The Hall–Kier alpha value is -2.74. The zero-order valence-corrected chi connectivity index (χ0v) is 15.2. The maximum absolute atomic E-state index is 13.1. The minimum absolute atomic E-state index is 0.113. The topological polar surface area (TPSA) is 54.5 Å². The number of H-pyrrole nitrogens is 1. The Kier molecular flexibility index (Phi) is 4.43. The van der Waals surface area contributed by atoms with Crippen molar-refractivity contribution in [3.8, 4) is 0 Å². The number of aryl methyl sites for hydroxylation is 1. The lowest BCUT2D eigenvalue weighted by Gasteiger charge is -2.10. The normalized spacial score (nSPS) is 12.0. The molecule has 0 atom stereocenters. The molecular formula is C19H15F3N4S. The van der Waals surface area contributed by atoms with E-state index in [1.54, 1.807) is 12.4 Å². The van der Waals surface area contributed by atoms with Crippen LogP contribution in [0.2, 0.25) is 0 Å². The summed E-state index contributed by atoms with van der Waals surface area (Å²) in [6, 6.07) is 3.08. The Bertz CT molecular complexity index is 1100. The van der Waals surface area contributed by atoms with Gasteiger partial charge in [0.15, 0.2) is 0 Å². The first-order chi connectivity index (χ1) is 12.9. The molecule has 0 spiro atoms. The third-order valence-corrected chi connectivity index (χ3v) is 5.27. The fourth-order valence-corrected chi connectivity index (χ4v) is 3.98. The molecule has 0 bridgehead atoms. The maximum Gasteiger partial charge on any atom is 0.416 e. The largest absolute Gasteiger partial charge is 0.416 e. The van der Waals surface area contributed by atoms with Gasteiger partial charge in [0.1, 0.15) is 5.65 Å². The predicted molar refractivity (Wildman–Crippen MR) is 97.8 cm³/mol. The standard InChI is InChI=1S/C19H15F3N4S/c1-11-4-15-12(9-26-18(15)25-7-11)5-14-10-24-17(27-14)6-13-8-23-3-2-16(13)19(20,21)22/h2-4,7-10H,5-6H2,1H3,(H,25,26). The van der Waals surface area contributed by atoms with Crippen molar-refractivity contribution in [2.75, 3.05) is 0 Å². The summed E-state index contributed by atoms with van der Waals surface area (Å²) in [4.78, 5) is 16.6. The van der Waals surface area contributed by atoms with Crippen molar-refractivity contribution in [1.29, 1.82) is 0 Å². The van der Waals surface area contributed by atoms with Crippen LogP contribution in [0.4, 0.5) is 13.2 Å². The Morgan fingerprint density at radius 1 is 1.07 bits per heavy atom. The van der Waals surface area contributed by atoms with Gasteiger partial charge in [-0.05, 0) is 35.7 Å². The third-order valence-electron chi connectivity index (χ3n) is 4.27. The molecule has 1 N–H and O–H groups in total. The Morgan fingerprint density at radius 2 is 1.93 bits per heavy atom. The fraction of sp³-hybridized carbons (Fsp3) is 0.211. The molecule has 138 valence electrons. The van der Waals surface area contributed by atoms with Gasteiger partial charge < -0.3 is 4.98 Å². The molecule has 0 radical (unpaired) electrons. The van der Waals surface area contributed by atoms with Gasteiger partial charge in [-0.25, -0.2) is 9.97 Å². The molecule has 0 aliphatic rings. The zero-order valence-electron chi connectivity index (χ0n) is 14.3. The van der Waals surface area contributed by atoms with E-state index in [0.717, 1.165) is 39.3 Å². The van der Waals surface area contributed by atoms with Gasteiger partial charge in [0.2, 0.25) is 0 Å². The van der Waals surface area contributed by atoms with E-state index in [1.165, 1.54) is 17.5 Å². The van der Waals surface area contributed by atoms with E-state index >= 15 is 0 Å². The van der Waals surface area contributed by atoms with E-state index in [0.29, 0.717) is 11.4 Å². The number of hydrogen-bond donors (Lipinski definition) is 1. The number of halogens is 3. The molecule has 0 saturated carbocycles. The molecule has 0 aliphatic carbocycles. The molecule has 8 heteroatoms. The number of alkyl halides is 3. The van der Waals surface area contributed by atoms with Crippen molar-refractivity contribution < 1.29 is 13.2 Å². The van der Waals surface area contributed by atoms with Crippen molar-refractivity contribution in [2.24, 2.45) is 0 Å². The molecule has 0 aliphatic heterocycles. The summed E-state index contributed by atoms with van der Waals surface area (Å²) < 4.78 is 39.4. The smallest absolute Gasteiger partial charge is 0.346 e. The number of aromatic amines is 1. The first-order valence-electron chi connectivity index (χ1n) is 8.26. The summed E-state index contributed by atoms with van der Waals surface area (Å²) in [6.07, 6.45) is 4.24. The molecular weight excluding hydrogens is 373 g/mol. The van der Waals surface area contributed by atoms with Crippen LogP contribution in [0.25, 0.3) is 11.0 Å². The molecule has 4 rings (SSSR count). The van der Waals surface area contributed by atoms with Crippen LogP contribution in [-0.2, 0) is 19.0 Å². The van der Waals surface area contributed by atoms with Gasteiger partial charge >= 0.3 is 6.18 Å². The highest BCUT2D eigenvalue weighted by atomic mass is 32.1. The van der Waals surface area contributed by atoms with Crippen LogP contribution in [-0.4, -0.2) is 19.9 Å². The van der Waals surface area contributed by atoms with Gasteiger partial charge in [0.25, 0.3) is 0 Å². The lowest BCUT2D eigenvalue weighted by atomic mass is 10.1. The second kappa shape index (κ2) is 6.77. The van der Waals surface area contributed by atoms with Crippen LogP contribution >= 0.6 is 11.3 Å². The van der Waals surface area contributed by atoms with Gasteiger partial charge in [0, 0.05) is 54.1 Å². The van der Waals surface area contributed by atoms with Crippen molar-refractivity contribution in [1.82, 2.24) is 19.9 Å². The summed E-state index contributed by atoms with van der Waals surface area (Å²) in [5, 5.41) is 1.69. The average molecular weight is 388 g/mol. The highest BCUT2D eigenvalue weighted by molar-refractivity contribution is 7.11. The lowest BCUT2D eigenvalue weighted by Crippen LogP contribution is -2.09. The van der Waals surface area contributed by atoms with Crippen LogP contribution in [0.15, 0.2) is 43.1 Å². The van der Waals surface area contributed by atoms with Crippen LogP contribution in [0.1, 0.15) is 32.1 Å². The van der Waals surface area contributed by atoms with E-state index in [9.17, 15) is 13.2 Å². The molecule has 0 unspecified atom stereocenters. The van der Waals surface area contributed by atoms with Gasteiger partial charge in [0.05, 0.1) is 10.6 Å². The van der Waals surface area contributed by atoms with Crippen LogP contribution in [0.5, 0.6) is 0 Å². The van der Waals surface area contributed by atoms with Crippen LogP contribution in [0.3, 0.4) is 0 Å². The quantitative estimate of drug-likeness (QED) is 0.540. The summed E-state index contributed by atoms with van der Waals surface area (Å²) in [7, 11) is 0. The molecule has 27 heavy (non-hydrogen) atoms. The van der Waals surface area contributed by atoms with Gasteiger partial charge in [-0.15, -0.1) is 11.3 Å². The minimum atomic E-state index is -4.40. The Balaban J connectivity index is 1.57. The van der Waals surface area contributed by atoms with E-state index in [2.05, 4.69) is 26.0 Å². The summed E-state index contributed by atoms with van der Waals surface area (Å²) in [5.41, 5.74) is 2.47. The number of rotatable bonds is 4. The molecule has 4 nitrogen and oxygen atoms in total. The van der Waals surface area contributed by atoms with Crippen molar-refractivity contribution in [3.05, 3.63) is 75.3 Å². The second-order valence-corrected chi connectivity index (χ2v) is 7.53. The van der Waals surface area contributed by atoms with Gasteiger partial charge in [-0.2, -0.15) is 13.2 Å². The Morgan fingerprint density at radius 3 is 2.74 bits per heavy atom. The van der Waals surface area contributed by atoms with Gasteiger partial charge in [-0.3, -0.25) is 4.98 Å². The zero-order chi connectivity index (χ0) is 19.0. The number of thiazole rings is 1. The first kappa shape index (κ1) is 17.7. The maximum atomic E-state index is 13.1. The van der Waals surface area contributed by atoms with Crippen molar-refractivity contribution in [3.63, 3.8) is 0 Å². The second-order valence-electron chi connectivity index (χ2n) is 6.33. The number of aromatic nitrogens is 4. The van der Waals surface area contributed by atoms with Crippen molar-refractivity contribution in [2.45, 2.75) is 25.9 Å². The average Bonchev–Trinajstić information content (AvgIpc) is 3.22. The Labute approximate surface area is 157 Å². The van der Waals surface area contributed by atoms with E-state index in [-0.39, 0.29) is 12.0 Å². The molecule has 0 aromatic carbocycles. The number of nitrogens with zero attached hydrogens (tertiary/aromatic N) is 3. The first-order valence-corrected chi connectivity index (χ1v) is 9.08. The highest BCUT2D eigenvalue weighted by Gasteiger charge is 2.33. The van der Waals surface area contributed by atoms with E-state index in [1.807, 2.05) is 13.1 Å². The SMILES string of the molecule is Cc1cnc2[nH]cc(Cc3cnc(Cc4cnccc4C(F)(F)F)s3)c2c1. The number of fused-ring (bicyclic) bond motifs is 1. The number of pyridine rings is 2. The molecule has 0 saturated heterocycles. The monoisotopic (exact) mass is 388 g/mol.